The van der Waals surface area contributed by atoms with E-state index in [2.05, 4.69) is 45.1 Å². The van der Waals surface area contributed by atoms with Crippen LogP contribution in [0.4, 0.5) is 5.69 Å². The zero-order valence-corrected chi connectivity index (χ0v) is 17.1. The van der Waals surface area contributed by atoms with Crippen molar-refractivity contribution in [2.45, 2.75) is 20.3 Å². The molecule has 0 aliphatic rings. The fourth-order valence-corrected chi connectivity index (χ4v) is 3.29. The van der Waals surface area contributed by atoms with Gasteiger partial charge in [0.2, 0.25) is 0 Å². The van der Waals surface area contributed by atoms with Crippen molar-refractivity contribution in [3.63, 3.8) is 0 Å². The van der Waals surface area contributed by atoms with Crippen LogP contribution in [0.3, 0.4) is 0 Å². The summed E-state index contributed by atoms with van der Waals surface area (Å²) in [4.78, 5) is 20.9. The number of halogens is 1. The molecule has 0 radical (unpaired) electrons. The molecule has 6 heteroatoms. The van der Waals surface area contributed by atoms with Crippen LogP contribution >= 0.6 is 15.9 Å². The molecule has 2 aromatic carbocycles. The fraction of sp³-hybridized carbons (Fsp3) is 0.136. The molecule has 0 spiro atoms. The number of rotatable bonds is 4. The summed E-state index contributed by atoms with van der Waals surface area (Å²) in [5.41, 5.74) is 6.36. The van der Waals surface area contributed by atoms with Crippen molar-refractivity contribution in [1.29, 1.82) is 0 Å². The molecule has 28 heavy (non-hydrogen) atoms. The van der Waals surface area contributed by atoms with Gasteiger partial charge in [0.05, 0.1) is 5.56 Å². The van der Waals surface area contributed by atoms with Gasteiger partial charge in [0, 0.05) is 29.0 Å². The number of nitrogens with one attached hydrogen (secondary N) is 1. The normalized spacial score (nSPS) is 11.0. The van der Waals surface area contributed by atoms with Crippen LogP contribution in [0.25, 0.3) is 11.1 Å². The molecule has 2 aromatic heterocycles. The number of pyridine rings is 1. The van der Waals surface area contributed by atoms with Crippen LogP contribution in [0.2, 0.25) is 0 Å². The Hall–Kier alpha value is -2.99. The summed E-state index contributed by atoms with van der Waals surface area (Å²) < 4.78 is 6.64. The Kier molecular flexibility index (Phi) is 4.96. The van der Waals surface area contributed by atoms with Crippen LogP contribution < -0.4 is 5.32 Å². The molecule has 4 rings (SSSR count). The zero-order chi connectivity index (χ0) is 19.7. The number of fused-ring (bicyclic) bond motifs is 1. The van der Waals surface area contributed by atoms with Crippen LogP contribution in [0.1, 0.15) is 32.9 Å². The highest BCUT2D eigenvalue weighted by atomic mass is 79.9. The van der Waals surface area contributed by atoms with E-state index < -0.39 is 0 Å². The van der Waals surface area contributed by atoms with Gasteiger partial charge in [-0.3, -0.25) is 9.78 Å². The van der Waals surface area contributed by atoms with Gasteiger partial charge in [-0.05, 0) is 76.8 Å². The van der Waals surface area contributed by atoms with Crippen LogP contribution in [0.5, 0.6) is 0 Å². The SMILES string of the molecule is Cc1cc2nc(Cc3ccc(NC(=O)c4cncc(Br)c4)cc3)oc2cc1C. The van der Waals surface area contributed by atoms with E-state index >= 15 is 0 Å². The third-order valence-electron chi connectivity index (χ3n) is 4.58. The second-order valence-corrected chi connectivity index (χ2v) is 7.65. The molecule has 1 amide bonds. The maximum absolute atomic E-state index is 12.3. The Balaban J connectivity index is 1.47. The average Bonchev–Trinajstić information content (AvgIpc) is 3.04. The lowest BCUT2D eigenvalue weighted by molar-refractivity contribution is 0.102. The number of amides is 1. The smallest absolute Gasteiger partial charge is 0.257 e. The summed E-state index contributed by atoms with van der Waals surface area (Å²) in [5.74, 6) is 0.475. The van der Waals surface area contributed by atoms with E-state index in [1.165, 1.54) is 17.3 Å². The van der Waals surface area contributed by atoms with Crippen molar-refractivity contribution in [2.75, 3.05) is 5.32 Å². The molecular weight excluding hydrogens is 418 g/mol. The minimum Gasteiger partial charge on any atom is -0.440 e. The number of aryl methyl sites for hydroxylation is 2. The lowest BCUT2D eigenvalue weighted by atomic mass is 10.1. The van der Waals surface area contributed by atoms with Crippen LogP contribution in [0, 0.1) is 13.8 Å². The molecule has 1 N–H and O–H groups in total. The maximum Gasteiger partial charge on any atom is 0.257 e. The quantitative estimate of drug-likeness (QED) is 0.462. The number of hydrogen-bond acceptors (Lipinski definition) is 4. The molecule has 5 nitrogen and oxygen atoms in total. The van der Waals surface area contributed by atoms with E-state index in [0.29, 0.717) is 17.9 Å². The lowest BCUT2D eigenvalue weighted by Crippen LogP contribution is -2.12. The highest BCUT2D eigenvalue weighted by molar-refractivity contribution is 9.10. The number of carbonyl (C=O) groups is 1. The van der Waals surface area contributed by atoms with Crippen molar-refractivity contribution in [2.24, 2.45) is 0 Å². The topological polar surface area (TPSA) is 68.0 Å². The second kappa shape index (κ2) is 7.56. The highest BCUT2D eigenvalue weighted by Gasteiger charge is 2.10. The summed E-state index contributed by atoms with van der Waals surface area (Å²) >= 11 is 3.32. The van der Waals surface area contributed by atoms with Gasteiger partial charge in [-0.2, -0.15) is 0 Å². The van der Waals surface area contributed by atoms with Crippen molar-refractivity contribution in [3.05, 3.63) is 87.5 Å². The Labute approximate surface area is 170 Å². The number of carbonyl (C=O) groups excluding carboxylic acids is 1. The van der Waals surface area contributed by atoms with E-state index in [1.807, 2.05) is 36.4 Å². The second-order valence-electron chi connectivity index (χ2n) is 6.73. The van der Waals surface area contributed by atoms with Crippen molar-refractivity contribution < 1.29 is 9.21 Å². The van der Waals surface area contributed by atoms with E-state index in [4.69, 9.17) is 4.42 Å². The van der Waals surface area contributed by atoms with E-state index in [0.717, 1.165) is 26.8 Å². The first-order valence-corrected chi connectivity index (χ1v) is 9.65. The minimum absolute atomic E-state index is 0.203. The predicted molar refractivity (Wildman–Crippen MR) is 113 cm³/mol. The van der Waals surface area contributed by atoms with Gasteiger partial charge in [0.1, 0.15) is 5.52 Å². The van der Waals surface area contributed by atoms with Gasteiger partial charge in [0.25, 0.3) is 5.91 Å². The summed E-state index contributed by atoms with van der Waals surface area (Å²) in [6.45, 7) is 4.13. The Morgan fingerprint density at radius 1 is 1.07 bits per heavy atom. The minimum atomic E-state index is -0.203. The molecule has 0 atom stereocenters. The standard InChI is InChI=1S/C22H18BrN3O2/c1-13-7-19-20(8-14(13)2)28-21(26-19)9-15-3-5-18(6-4-15)25-22(27)16-10-17(23)12-24-11-16/h3-8,10-12H,9H2,1-2H3,(H,25,27). The number of hydrogen-bond donors (Lipinski definition) is 1. The monoisotopic (exact) mass is 435 g/mol. The van der Waals surface area contributed by atoms with Gasteiger partial charge < -0.3 is 9.73 Å². The summed E-state index contributed by atoms with van der Waals surface area (Å²) in [5, 5.41) is 2.87. The average molecular weight is 436 g/mol. The van der Waals surface area contributed by atoms with Crippen LogP contribution in [-0.4, -0.2) is 15.9 Å². The summed E-state index contributed by atoms with van der Waals surface area (Å²) in [6, 6.07) is 13.5. The molecule has 140 valence electrons. The third-order valence-corrected chi connectivity index (χ3v) is 5.02. The van der Waals surface area contributed by atoms with E-state index in [1.54, 1.807) is 12.3 Å². The first-order chi connectivity index (χ1) is 13.5. The van der Waals surface area contributed by atoms with Crippen molar-refractivity contribution in [1.82, 2.24) is 9.97 Å². The first-order valence-electron chi connectivity index (χ1n) is 8.85. The number of benzene rings is 2. The third kappa shape index (κ3) is 3.97. The van der Waals surface area contributed by atoms with Gasteiger partial charge in [-0.1, -0.05) is 12.1 Å². The molecular formula is C22H18BrN3O2. The molecule has 0 saturated carbocycles. The maximum atomic E-state index is 12.3. The van der Waals surface area contributed by atoms with E-state index in [-0.39, 0.29) is 5.91 Å². The summed E-state index contributed by atoms with van der Waals surface area (Å²) in [6.07, 6.45) is 3.77. The predicted octanol–water partition coefficient (Wildman–Crippen LogP) is 5.45. The highest BCUT2D eigenvalue weighted by Crippen LogP contribution is 2.22. The lowest BCUT2D eigenvalue weighted by Gasteiger charge is -2.06. The number of aromatic nitrogens is 2. The fourth-order valence-electron chi connectivity index (χ4n) is 2.92. The van der Waals surface area contributed by atoms with Crippen molar-refractivity contribution in [3.8, 4) is 0 Å². The largest absolute Gasteiger partial charge is 0.440 e. The zero-order valence-electron chi connectivity index (χ0n) is 15.5. The Morgan fingerprint density at radius 3 is 2.57 bits per heavy atom. The number of anilines is 1. The van der Waals surface area contributed by atoms with Gasteiger partial charge in [-0.25, -0.2) is 4.98 Å². The number of oxazole rings is 1. The molecule has 0 saturated heterocycles. The van der Waals surface area contributed by atoms with Crippen LogP contribution in [0.15, 0.2) is 63.7 Å². The Bertz CT molecular complexity index is 1130. The van der Waals surface area contributed by atoms with Gasteiger partial charge in [0.15, 0.2) is 11.5 Å². The van der Waals surface area contributed by atoms with Gasteiger partial charge >= 0.3 is 0 Å². The molecule has 0 fully saturated rings. The molecule has 0 bridgehead atoms. The summed E-state index contributed by atoms with van der Waals surface area (Å²) in [7, 11) is 0. The van der Waals surface area contributed by atoms with Gasteiger partial charge in [-0.15, -0.1) is 0 Å². The first kappa shape index (κ1) is 18.4. The molecule has 2 heterocycles. The molecule has 4 aromatic rings. The molecule has 0 aliphatic heterocycles. The van der Waals surface area contributed by atoms with Crippen molar-refractivity contribution >= 4 is 38.6 Å². The van der Waals surface area contributed by atoms with E-state index in [9.17, 15) is 4.79 Å². The molecule has 0 aliphatic carbocycles. The molecule has 0 unspecified atom stereocenters. The van der Waals surface area contributed by atoms with Crippen LogP contribution in [-0.2, 0) is 6.42 Å². The number of nitrogens with zero attached hydrogens (tertiary/aromatic N) is 2. The Morgan fingerprint density at radius 2 is 1.82 bits per heavy atom.